The van der Waals surface area contributed by atoms with Crippen LogP contribution in [0.5, 0.6) is 5.75 Å². The summed E-state index contributed by atoms with van der Waals surface area (Å²) < 4.78 is 5.29. The van der Waals surface area contributed by atoms with Crippen LogP contribution in [0.3, 0.4) is 0 Å². The number of nitrogens with zero attached hydrogens (tertiary/aromatic N) is 1. The van der Waals surface area contributed by atoms with Gasteiger partial charge < -0.3 is 4.74 Å². The van der Waals surface area contributed by atoms with Gasteiger partial charge in [-0.1, -0.05) is 12.1 Å². The molecule has 0 aromatic heterocycles. The molecule has 0 bridgehead atoms. The molecule has 1 aromatic carbocycles. The van der Waals surface area contributed by atoms with Crippen molar-refractivity contribution in [2.75, 3.05) is 13.7 Å². The zero-order chi connectivity index (χ0) is 9.26. The van der Waals surface area contributed by atoms with Crippen molar-refractivity contribution in [1.82, 2.24) is 5.01 Å². The molecule has 0 unspecified atom stereocenters. The lowest BCUT2D eigenvalue weighted by Crippen LogP contribution is -2.36. The molecule has 0 fully saturated rings. The second-order valence-corrected chi connectivity index (χ2v) is 3.32. The molecule has 0 radical (unpaired) electrons. The molecule has 0 amide bonds. The molecule has 0 saturated carbocycles. The maximum absolute atomic E-state index is 5.73. The van der Waals surface area contributed by atoms with Crippen molar-refractivity contribution in [1.29, 1.82) is 0 Å². The Morgan fingerprint density at radius 3 is 3.08 bits per heavy atom. The highest BCUT2D eigenvalue weighted by molar-refractivity contribution is 5.41. The molecule has 1 aromatic rings. The number of hydrazine groups is 1. The zero-order valence-electron chi connectivity index (χ0n) is 7.79. The predicted octanol–water partition coefficient (Wildman–Crippen LogP) is 0.927. The smallest absolute Gasteiger partial charge is 0.122 e. The topological polar surface area (TPSA) is 38.5 Å². The van der Waals surface area contributed by atoms with E-state index in [0.717, 1.165) is 25.3 Å². The van der Waals surface area contributed by atoms with E-state index in [-0.39, 0.29) is 0 Å². The van der Waals surface area contributed by atoms with Gasteiger partial charge in [0.05, 0.1) is 7.11 Å². The summed E-state index contributed by atoms with van der Waals surface area (Å²) in [5, 5.41) is 1.84. The first-order chi connectivity index (χ1) is 6.31. The van der Waals surface area contributed by atoms with E-state index >= 15 is 0 Å². The van der Waals surface area contributed by atoms with Crippen molar-refractivity contribution < 1.29 is 4.74 Å². The third kappa shape index (κ3) is 1.53. The summed E-state index contributed by atoms with van der Waals surface area (Å²) in [6.45, 7) is 1.74. The van der Waals surface area contributed by atoms with E-state index in [1.807, 2.05) is 17.1 Å². The van der Waals surface area contributed by atoms with Gasteiger partial charge in [0.25, 0.3) is 0 Å². The minimum atomic E-state index is 0.826. The molecule has 2 N–H and O–H groups in total. The van der Waals surface area contributed by atoms with E-state index in [4.69, 9.17) is 10.6 Å². The number of methoxy groups -OCH3 is 1. The van der Waals surface area contributed by atoms with Gasteiger partial charge in [0, 0.05) is 13.1 Å². The Labute approximate surface area is 78.1 Å². The van der Waals surface area contributed by atoms with E-state index in [1.54, 1.807) is 7.11 Å². The minimum absolute atomic E-state index is 0.826. The third-order valence-electron chi connectivity index (χ3n) is 2.47. The maximum Gasteiger partial charge on any atom is 0.122 e. The Morgan fingerprint density at radius 2 is 2.31 bits per heavy atom. The van der Waals surface area contributed by atoms with Crippen LogP contribution < -0.4 is 10.6 Å². The molecule has 0 saturated heterocycles. The van der Waals surface area contributed by atoms with E-state index in [2.05, 4.69) is 6.07 Å². The van der Waals surface area contributed by atoms with Gasteiger partial charge in [-0.05, 0) is 23.6 Å². The van der Waals surface area contributed by atoms with Crippen LogP contribution in [0.4, 0.5) is 0 Å². The van der Waals surface area contributed by atoms with Gasteiger partial charge in [-0.3, -0.25) is 5.84 Å². The van der Waals surface area contributed by atoms with Crippen LogP contribution in [0, 0.1) is 0 Å². The van der Waals surface area contributed by atoms with E-state index in [0.29, 0.717) is 0 Å². The molecule has 0 spiro atoms. The molecule has 13 heavy (non-hydrogen) atoms. The maximum atomic E-state index is 5.73. The Morgan fingerprint density at radius 1 is 1.46 bits per heavy atom. The lowest BCUT2D eigenvalue weighted by Gasteiger charge is -2.25. The lowest BCUT2D eigenvalue weighted by molar-refractivity contribution is 0.259. The molecule has 2 rings (SSSR count). The number of ether oxygens (including phenoxy) is 1. The van der Waals surface area contributed by atoms with E-state index in [9.17, 15) is 0 Å². The molecule has 70 valence electrons. The van der Waals surface area contributed by atoms with Gasteiger partial charge in [0.1, 0.15) is 5.75 Å². The van der Waals surface area contributed by atoms with Gasteiger partial charge in [-0.15, -0.1) is 0 Å². The minimum Gasteiger partial charge on any atom is -0.496 e. The fraction of sp³-hybridized carbons (Fsp3) is 0.400. The van der Waals surface area contributed by atoms with Crippen LogP contribution in [0.2, 0.25) is 0 Å². The highest BCUT2D eigenvalue weighted by Gasteiger charge is 2.16. The van der Waals surface area contributed by atoms with E-state index < -0.39 is 0 Å². The number of hydrogen-bond donors (Lipinski definition) is 1. The fourth-order valence-corrected chi connectivity index (χ4v) is 1.79. The first-order valence-electron chi connectivity index (χ1n) is 4.45. The summed E-state index contributed by atoms with van der Waals surface area (Å²) in [6, 6.07) is 6.12. The Hall–Kier alpha value is -1.06. The highest BCUT2D eigenvalue weighted by atomic mass is 16.5. The van der Waals surface area contributed by atoms with Gasteiger partial charge in [-0.2, -0.15) is 0 Å². The average molecular weight is 178 g/mol. The standard InChI is InChI=1S/C10H14N2O/c1-13-10-4-2-3-8-7-12(11)6-5-9(8)10/h2-4H,5-7,11H2,1H3. The van der Waals surface area contributed by atoms with Crippen molar-refractivity contribution in [3.8, 4) is 5.75 Å². The van der Waals surface area contributed by atoms with Crippen LogP contribution in [0.25, 0.3) is 0 Å². The summed E-state index contributed by atoms with van der Waals surface area (Å²) in [5.74, 6) is 6.72. The molecule has 0 aliphatic carbocycles. The van der Waals surface area contributed by atoms with E-state index in [1.165, 1.54) is 11.1 Å². The number of nitrogens with two attached hydrogens (primary N) is 1. The first-order valence-corrected chi connectivity index (χ1v) is 4.45. The molecular weight excluding hydrogens is 164 g/mol. The third-order valence-corrected chi connectivity index (χ3v) is 2.47. The van der Waals surface area contributed by atoms with Crippen molar-refractivity contribution >= 4 is 0 Å². The second kappa shape index (κ2) is 3.36. The second-order valence-electron chi connectivity index (χ2n) is 3.32. The molecule has 1 heterocycles. The number of fused-ring (bicyclic) bond motifs is 1. The van der Waals surface area contributed by atoms with Crippen LogP contribution in [0.15, 0.2) is 18.2 Å². The van der Waals surface area contributed by atoms with Gasteiger partial charge in [-0.25, -0.2) is 5.01 Å². The zero-order valence-corrected chi connectivity index (χ0v) is 7.79. The average Bonchev–Trinajstić information content (AvgIpc) is 2.16. The number of benzene rings is 1. The van der Waals surface area contributed by atoms with Crippen LogP contribution in [-0.2, 0) is 13.0 Å². The van der Waals surface area contributed by atoms with Crippen molar-refractivity contribution in [2.24, 2.45) is 5.84 Å². The molecule has 3 heteroatoms. The molecule has 3 nitrogen and oxygen atoms in total. The molecule has 1 aliphatic rings. The van der Waals surface area contributed by atoms with Crippen LogP contribution >= 0.6 is 0 Å². The monoisotopic (exact) mass is 178 g/mol. The highest BCUT2D eigenvalue weighted by Crippen LogP contribution is 2.26. The van der Waals surface area contributed by atoms with Crippen LogP contribution in [-0.4, -0.2) is 18.7 Å². The number of rotatable bonds is 1. The Kier molecular flexibility index (Phi) is 2.20. The summed E-state index contributed by atoms with van der Waals surface area (Å²) >= 11 is 0. The van der Waals surface area contributed by atoms with Crippen molar-refractivity contribution in [2.45, 2.75) is 13.0 Å². The van der Waals surface area contributed by atoms with Gasteiger partial charge in [0.2, 0.25) is 0 Å². The summed E-state index contributed by atoms with van der Waals surface area (Å²) in [4.78, 5) is 0. The lowest BCUT2D eigenvalue weighted by atomic mass is 10.00. The predicted molar refractivity (Wildman–Crippen MR) is 51.3 cm³/mol. The normalized spacial score (nSPS) is 16.8. The number of hydrogen-bond acceptors (Lipinski definition) is 3. The first kappa shape index (κ1) is 8.53. The molecule has 1 aliphatic heterocycles. The summed E-state index contributed by atoms with van der Waals surface area (Å²) in [6.07, 6.45) is 0.982. The van der Waals surface area contributed by atoms with Crippen LogP contribution in [0.1, 0.15) is 11.1 Å². The quantitative estimate of drug-likeness (QED) is 0.650. The summed E-state index contributed by atoms with van der Waals surface area (Å²) in [5.41, 5.74) is 2.60. The SMILES string of the molecule is COc1cccc2c1CCN(N)C2. The molecule has 0 atom stereocenters. The fourth-order valence-electron chi connectivity index (χ4n) is 1.79. The summed E-state index contributed by atoms with van der Waals surface area (Å²) in [7, 11) is 1.71. The van der Waals surface area contributed by atoms with Gasteiger partial charge in [0.15, 0.2) is 0 Å². The Balaban J connectivity index is 2.39. The van der Waals surface area contributed by atoms with Crippen molar-refractivity contribution in [3.05, 3.63) is 29.3 Å². The van der Waals surface area contributed by atoms with Gasteiger partial charge >= 0.3 is 0 Å². The largest absolute Gasteiger partial charge is 0.496 e. The Bertz CT molecular complexity index is 312. The van der Waals surface area contributed by atoms with Crippen molar-refractivity contribution in [3.63, 3.8) is 0 Å². The molecular formula is C10H14N2O.